The number of carbonyl (C=O) groups excluding carboxylic acids is 1. The second kappa shape index (κ2) is 4.46. The number of carbonyl (C=O) groups is 1. The zero-order chi connectivity index (χ0) is 9.84. The summed E-state index contributed by atoms with van der Waals surface area (Å²) in [7, 11) is 0. The molecule has 1 rings (SSSR count). The fraction of sp³-hybridized carbons (Fsp3) is 0.889. The van der Waals surface area contributed by atoms with E-state index in [9.17, 15) is 4.79 Å². The van der Waals surface area contributed by atoms with Gasteiger partial charge in [-0.05, 0) is 18.8 Å². The van der Waals surface area contributed by atoms with Crippen LogP contribution in [0.4, 0.5) is 4.79 Å². The summed E-state index contributed by atoms with van der Waals surface area (Å²) in [5, 5.41) is 0. The Kier molecular flexibility index (Phi) is 3.54. The maximum Gasteiger partial charge on any atom is 0.314 e. The van der Waals surface area contributed by atoms with Crippen LogP contribution >= 0.6 is 0 Å². The van der Waals surface area contributed by atoms with Crippen LogP contribution < -0.4 is 11.5 Å². The van der Waals surface area contributed by atoms with Crippen molar-refractivity contribution in [3.05, 3.63) is 0 Å². The largest absolute Gasteiger partial charge is 0.351 e. The van der Waals surface area contributed by atoms with Crippen LogP contribution in [0.5, 0.6) is 0 Å². The average molecular weight is 185 g/mol. The minimum atomic E-state index is -0.337. The number of likely N-dealkylation sites (tertiary alicyclic amines) is 1. The van der Waals surface area contributed by atoms with Gasteiger partial charge in [0, 0.05) is 19.1 Å². The standard InChI is InChI=1S/C9H19N3O/c1-2-3-7-4-8(10)6-12(5-7)9(11)13/h7-8H,2-6,10H2,1H3,(H2,11,13). The number of amides is 2. The van der Waals surface area contributed by atoms with E-state index in [4.69, 9.17) is 11.5 Å². The molecule has 0 aliphatic carbocycles. The van der Waals surface area contributed by atoms with Gasteiger partial charge in [-0.3, -0.25) is 0 Å². The Balaban J connectivity index is 2.47. The van der Waals surface area contributed by atoms with E-state index < -0.39 is 0 Å². The first kappa shape index (κ1) is 10.3. The Bertz CT molecular complexity index is 184. The highest BCUT2D eigenvalue weighted by molar-refractivity contribution is 5.72. The molecule has 1 saturated heterocycles. The summed E-state index contributed by atoms with van der Waals surface area (Å²) in [4.78, 5) is 12.6. The van der Waals surface area contributed by atoms with Crippen molar-refractivity contribution in [3.63, 3.8) is 0 Å². The molecule has 1 fully saturated rings. The molecular weight excluding hydrogens is 166 g/mol. The fourth-order valence-electron chi connectivity index (χ4n) is 2.04. The Morgan fingerprint density at radius 2 is 2.23 bits per heavy atom. The third-order valence-electron chi connectivity index (χ3n) is 2.58. The van der Waals surface area contributed by atoms with Gasteiger partial charge in [-0.15, -0.1) is 0 Å². The van der Waals surface area contributed by atoms with Gasteiger partial charge in [0.1, 0.15) is 0 Å². The Labute approximate surface area is 79.3 Å². The first-order chi connectivity index (χ1) is 6.13. The van der Waals surface area contributed by atoms with Gasteiger partial charge >= 0.3 is 6.03 Å². The van der Waals surface area contributed by atoms with Crippen molar-refractivity contribution in [1.82, 2.24) is 4.90 Å². The van der Waals surface area contributed by atoms with E-state index in [1.165, 1.54) is 0 Å². The molecule has 2 atom stereocenters. The van der Waals surface area contributed by atoms with Crippen molar-refractivity contribution in [2.45, 2.75) is 32.2 Å². The predicted octanol–water partition coefficient (Wildman–Crippen LogP) is 0.514. The number of piperidine rings is 1. The van der Waals surface area contributed by atoms with E-state index in [1.54, 1.807) is 4.90 Å². The van der Waals surface area contributed by atoms with Crippen LogP contribution in [0.3, 0.4) is 0 Å². The molecule has 2 unspecified atom stereocenters. The van der Waals surface area contributed by atoms with E-state index in [2.05, 4.69) is 6.92 Å². The SMILES string of the molecule is CCCC1CC(N)CN(C(N)=O)C1. The smallest absolute Gasteiger partial charge is 0.314 e. The lowest BCUT2D eigenvalue weighted by molar-refractivity contribution is 0.159. The summed E-state index contributed by atoms with van der Waals surface area (Å²) in [6.07, 6.45) is 3.30. The van der Waals surface area contributed by atoms with Gasteiger partial charge in [-0.2, -0.15) is 0 Å². The zero-order valence-corrected chi connectivity index (χ0v) is 8.20. The van der Waals surface area contributed by atoms with Crippen LogP contribution in [0.25, 0.3) is 0 Å². The second-order valence-electron chi connectivity index (χ2n) is 3.89. The summed E-state index contributed by atoms with van der Waals surface area (Å²) in [5.41, 5.74) is 11.1. The summed E-state index contributed by atoms with van der Waals surface area (Å²) >= 11 is 0. The maximum absolute atomic E-state index is 10.9. The number of hydrogen-bond acceptors (Lipinski definition) is 2. The van der Waals surface area contributed by atoms with Crippen LogP contribution in [-0.4, -0.2) is 30.1 Å². The van der Waals surface area contributed by atoms with Gasteiger partial charge in [0.25, 0.3) is 0 Å². The van der Waals surface area contributed by atoms with Crippen LogP contribution in [0.2, 0.25) is 0 Å². The molecule has 0 aromatic heterocycles. The molecule has 0 spiro atoms. The molecule has 0 radical (unpaired) electrons. The molecule has 1 heterocycles. The first-order valence-electron chi connectivity index (χ1n) is 4.93. The van der Waals surface area contributed by atoms with Crippen LogP contribution in [0.1, 0.15) is 26.2 Å². The van der Waals surface area contributed by atoms with E-state index >= 15 is 0 Å². The molecule has 1 aliphatic heterocycles. The predicted molar refractivity (Wildman–Crippen MR) is 52.1 cm³/mol. The maximum atomic E-state index is 10.9. The van der Waals surface area contributed by atoms with Gasteiger partial charge in [0.05, 0.1) is 0 Å². The average Bonchev–Trinajstić information content (AvgIpc) is 2.03. The van der Waals surface area contributed by atoms with Gasteiger partial charge in [-0.25, -0.2) is 4.79 Å². The summed E-state index contributed by atoms with van der Waals surface area (Å²) in [5.74, 6) is 0.543. The van der Waals surface area contributed by atoms with Crippen molar-refractivity contribution < 1.29 is 4.79 Å². The lowest BCUT2D eigenvalue weighted by atomic mass is 9.91. The highest BCUT2D eigenvalue weighted by Gasteiger charge is 2.26. The number of urea groups is 1. The minimum Gasteiger partial charge on any atom is -0.351 e. The lowest BCUT2D eigenvalue weighted by Crippen LogP contribution is -2.51. The fourth-order valence-corrected chi connectivity index (χ4v) is 2.04. The van der Waals surface area contributed by atoms with Crippen LogP contribution in [0, 0.1) is 5.92 Å². The van der Waals surface area contributed by atoms with Gasteiger partial charge in [0.2, 0.25) is 0 Å². The monoisotopic (exact) mass is 185 g/mol. The second-order valence-corrected chi connectivity index (χ2v) is 3.89. The van der Waals surface area contributed by atoms with Crippen LogP contribution in [-0.2, 0) is 0 Å². The quantitative estimate of drug-likeness (QED) is 0.658. The molecule has 0 bridgehead atoms. The topological polar surface area (TPSA) is 72.3 Å². The Morgan fingerprint density at radius 1 is 1.54 bits per heavy atom. The van der Waals surface area contributed by atoms with Gasteiger partial charge in [-0.1, -0.05) is 13.3 Å². The molecule has 1 aliphatic rings. The number of rotatable bonds is 2. The molecule has 4 heteroatoms. The summed E-state index contributed by atoms with van der Waals surface area (Å²) < 4.78 is 0. The molecule has 13 heavy (non-hydrogen) atoms. The number of nitrogens with zero attached hydrogens (tertiary/aromatic N) is 1. The third kappa shape index (κ3) is 2.88. The summed E-state index contributed by atoms with van der Waals surface area (Å²) in [6.45, 7) is 3.56. The van der Waals surface area contributed by atoms with Gasteiger partial charge < -0.3 is 16.4 Å². The molecular formula is C9H19N3O. The van der Waals surface area contributed by atoms with Crippen LogP contribution in [0.15, 0.2) is 0 Å². The highest BCUT2D eigenvalue weighted by atomic mass is 16.2. The number of nitrogens with two attached hydrogens (primary N) is 2. The first-order valence-corrected chi connectivity index (χ1v) is 4.93. The minimum absolute atomic E-state index is 0.109. The normalized spacial score (nSPS) is 28.9. The zero-order valence-electron chi connectivity index (χ0n) is 8.20. The number of primary amides is 1. The van der Waals surface area contributed by atoms with Crippen molar-refractivity contribution in [2.75, 3.05) is 13.1 Å². The number of hydrogen-bond donors (Lipinski definition) is 2. The summed E-state index contributed by atoms with van der Waals surface area (Å²) in [6, 6.07) is -0.228. The molecule has 4 N–H and O–H groups in total. The van der Waals surface area contributed by atoms with E-state index in [0.717, 1.165) is 25.8 Å². The third-order valence-corrected chi connectivity index (χ3v) is 2.58. The molecule has 0 aromatic carbocycles. The molecule has 4 nitrogen and oxygen atoms in total. The molecule has 76 valence electrons. The van der Waals surface area contributed by atoms with Gasteiger partial charge in [0.15, 0.2) is 0 Å². The molecule has 0 saturated carbocycles. The van der Waals surface area contributed by atoms with Crippen molar-refractivity contribution in [3.8, 4) is 0 Å². The van der Waals surface area contributed by atoms with Crippen molar-refractivity contribution >= 4 is 6.03 Å². The van der Waals surface area contributed by atoms with Crippen molar-refractivity contribution in [1.29, 1.82) is 0 Å². The lowest BCUT2D eigenvalue weighted by Gasteiger charge is -2.35. The van der Waals surface area contributed by atoms with E-state index in [0.29, 0.717) is 12.5 Å². The highest BCUT2D eigenvalue weighted by Crippen LogP contribution is 2.19. The van der Waals surface area contributed by atoms with Crippen molar-refractivity contribution in [2.24, 2.45) is 17.4 Å². The molecule has 0 aromatic rings. The van der Waals surface area contributed by atoms with E-state index in [-0.39, 0.29) is 12.1 Å². The molecule has 2 amide bonds. The Hall–Kier alpha value is -0.770. The Morgan fingerprint density at radius 3 is 2.77 bits per heavy atom. The van der Waals surface area contributed by atoms with E-state index in [1.807, 2.05) is 0 Å².